The van der Waals surface area contributed by atoms with Crippen molar-refractivity contribution in [1.82, 2.24) is 14.9 Å². The predicted octanol–water partition coefficient (Wildman–Crippen LogP) is 3.83. The van der Waals surface area contributed by atoms with Gasteiger partial charge in [-0.15, -0.1) is 0 Å². The van der Waals surface area contributed by atoms with Gasteiger partial charge < -0.3 is 14.5 Å². The standard InChI is InChI=1S/C23H22F2N4O2/c1-16-14-28(9-10-29(16)23(30)11-17-5-7-18(24)8-6-17)21-13-22(27-15-26-21)31-20-4-2-3-19(25)12-20/h2-8,12-13,15-16H,9-11,14H2,1H3/t16-/m0/s1. The summed E-state index contributed by atoms with van der Waals surface area (Å²) in [6, 6.07) is 13.5. The van der Waals surface area contributed by atoms with Crippen molar-refractivity contribution in [3.63, 3.8) is 0 Å². The molecule has 1 saturated heterocycles. The molecule has 0 aliphatic carbocycles. The van der Waals surface area contributed by atoms with Gasteiger partial charge in [0.2, 0.25) is 11.8 Å². The Balaban J connectivity index is 1.39. The van der Waals surface area contributed by atoms with Gasteiger partial charge in [-0.3, -0.25) is 4.79 Å². The zero-order valence-corrected chi connectivity index (χ0v) is 17.0. The van der Waals surface area contributed by atoms with E-state index in [1.54, 1.807) is 30.3 Å². The van der Waals surface area contributed by atoms with Crippen molar-refractivity contribution in [2.45, 2.75) is 19.4 Å². The van der Waals surface area contributed by atoms with Gasteiger partial charge in [0.25, 0.3) is 0 Å². The summed E-state index contributed by atoms with van der Waals surface area (Å²) in [4.78, 5) is 25.1. The Kier molecular flexibility index (Phi) is 6.06. The van der Waals surface area contributed by atoms with E-state index in [9.17, 15) is 13.6 Å². The van der Waals surface area contributed by atoms with Crippen molar-refractivity contribution in [2.75, 3.05) is 24.5 Å². The number of amides is 1. The van der Waals surface area contributed by atoms with E-state index in [0.717, 1.165) is 5.56 Å². The lowest BCUT2D eigenvalue weighted by atomic mass is 10.1. The molecular weight excluding hydrogens is 402 g/mol. The first-order valence-corrected chi connectivity index (χ1v) is 10.0. The lowest BCUT2D eigenvalue weighted by molar-refractivity contribution is -0.132. The highest BCUT2D eigenvalue weighted by Crippen LogP contribution is 2.24. The van der Waals surface area contributed by atoms with Crippen LogP contribution in [-0.2, 0) is 11.2 Å². The summed E-state index contributed by atoms with van der Waals surface area (Å²) in [5.74, 6) is 0.661. The fourth-order valence-electron chi connectivity index (χ4n) is 3.62. The van der Waals surface area contributed by atoms with Gasteiger partial charge in [-0.1, -0.05) is 18.2 Å². The Morgan fingerprint density at radius 3 is 2.61 bits per heavy atom. The van der Waals surface area contributed by atoms with E-state index in [1.165, 1.54) is 30.6 Å². The Labute approximate surface area is 179 Å². The Hall–Kier alpha value is -3.55. The minimum Gasteiger partial charge on any atom is -0.439 e. The second-order valence-corrected chi connectivity index (χ2v) is 7.46. The van der Waals surface area contributed by atoms with Crippen LogP contribution in [0, 0.1) is 11.6 Å². The zero-order chi connectivity index (χ0) is 21.8. The Bertz CT molecular complexity index is 1060. The van der Waals surface area contributed by atoms with Crippen molar-refractivity contribution in [3.05, 3.63) is 78.1 Å². The van der Waals surface area contributed by atoms with Crippen molar-refractivity contribution < 1.29 is 18.3 Å². The van der Waals surface area contributed by atoms with Crippen LogP contribution < -0.4 is 9.64 Å². The smallest absolute Gasteiger partial charge is 0.227 e. The fraction of sp³-hybridized carbons (Fsp3) is 0.261. The number of anilines is 1. The molecule has 6 nitrogen and oxygen atoms in total. The largest absolute Gasteiger partial charge is 0.439 e. The summed E-state index contributed by atoms with van der Waals surface area (Å²) in [5.41, 5.74) is 0.788. The molecule has 160 valence electrons. The molecule has 8 heteroatoms. The van der Waals surface area contributed by atoms with Gasteiger partial charge in [0, 0.05) is 37.8 Å². The summed E-state index contributed by atoms with van der Waals surface area (Å²) in [7, 11) is 0. The van der Waals surface area contributed by atoms with Gasteiger partial charge in [0.1, 0.15) is 29.5 Å². The van der Waals surface area contributed by atoms with E-state index in [0.29, 0.717) is 37.1 Å². The highest BCUT2D eigenvalue weighted by molar-refractivity contribution is 5.79. The maximum atomic E-state index is 13.4. The molecule has 31 heavy (non-hydrogen) atoms. The summed E-state index contributed by atoms with van der Waals surface area (Å²) in [5, 5.41) is 0. The molecule has 0 saturated carbocycles. The predicted molar refractivity (Wildman–Crippen MR) is 112 cm³/mol. The number of hydrogen-bond donors (Lipinski definition) is 0. The lowest BCUT2D eigenvalue weighted by Crippen LogP contribution is -2.54. The van der Waals surface area contributed by atoms with Crippen molar-refractivity contribution in [3.8, 4) is 11.6 Å². The second-order valence-electron chi connectivity index (χ2n) is 7.46. The molecular formula is C23H22F2N4O2. The van der Waals surface area contributed by atoms with Gasteiger partial charge in [0.15, 0.2) is 0 Å². The number of carbonyl (C=O) groups is 1. The molecule has 0 N–H and O–H groups in total. The molecule has 2 aromatic carbocycles. The van der Waals surface area contributed by atoms with Crippen LogP contribution in [0.25, 0.3) is 0 Å². The molecule has 0 unspecified atom stereocenters. The lowest BCUT2D eigenvalue weighted by Gasteiger charge is -2.40. The normalized spacial score (nSPS) is 16.3. The molecule has 0 bridgehead atoms. The Morgan fingerprint density at radius 1 is 1.06 bits per heavy atom. The van der Waals surface area contributed by atoms with Gasteiger partial charge >= 0.3 is 0 Å². The number of hydrogen-bond acceptors (Lipinski definition) is 5. The first-order valence-electron chi connectivity index (χ1n) is 10.0. The summed E-state index contributed by atoms with van der Waals surface area (Å²) in [6.45, 7) is 3.74. The number of piperazine rings is 1. The van der Waals surface area contributed by atoms with Gasteiger partial charge in [-0.2, -0.15) is 0 Å². The molecule has 1 aliphatic heterocycles. The molecule has 4 rings (SSSR count). The summed E-state index contributed by atoms with van der Waals surface area (Å²) in [6.07, 6.45) is 1.64. The summed E-state index contributed by atoms with van der Waals surface area (Å²) >= 11 is 0. The number of halogens is 2. The molecule has 2 heterocycles. The monoisotopic (exact) mass is 424 g/mol. The van der Waals surface area contributed by atoms with E-state index < -0.39 is 0 Å². The van der Waals surface area contributed by atoms with Crippen LogP contribution in [-0.4, -0.2) is 46.5 Å². The number of aromatic nitrogens is 2. The maximum absolute atomic E-state index is 13.4. The zero-order valence-electron chi connectivity index (χ0n) is 17.0. The first-order chi connectivity index (χ1) is 15.0. The molecule has 1 aromatic heterocycles. The molecule has 1 aliphatic rings. The van der Waals surface area contributed by atoms with Crippen LogP contribution >= 0.6 is 0 Å². The van der Waals surface area contributed by atoms with Crippen LogP contribution in [0.4, 0.5) is 14.6 Å². The molecule has 0 spiro atoms. The third-order valence-electron chi connectivity index (χ3n) is 5.19. The quantitative estimate of drug-likeness (QED) is 0.623. The molecule has 3 aromatic rings. The van der Waals surface area contributed by atoms with E-state index >= 15 is 0 Å². The van der Waals surface area contributed by atoms with E-state index in [1.807, 2.05) is 11.8 Å². The molecule has 0 radical (unpaired) electrons. The number of nitrogens with zero attached hydrogens (tertiary/aromatic N) is 4. The maximum Gasteiger partial charge on any atom is 0.227 e. The SMILES string of the molecule is C[C@H]1CN(c2cc(Oc3cccc(F)c3)ncn2)CCN1C(=O)Cc1ccc(F)cc1. The minimum atomic E-state index is -0.387. The van der Waals surface area contributed by atoms with Crippen molar-refractivity contribution >= 4 is 11.7 Å². The highest BCUT2D eigenvalue weighted by atomic mass is 19.1. The van der Waals surface area contributed by atoms with Crippen molar-refractivity contribution in [2.24, 2.45) is 0 Å². The van der Waals surface area contributed by atoms with E-state index in [4.69, 9.17) is 4.74 Å². The van der Waals surface area contributed by atoms with Gasteiger partial charge in [0.05, 0.1) is 6.42 Å². The number of ether oxygens (including phenoxy) is 1. The second kappa shape index (κ2) is 9.07. The molecule has 1 atom stereocenters. The van der Waals surface area contributed by atoms with Crippen LogP contribution in [0.3, 0.4) is 0 Å². The van der Waals surface area contributed by atoms with Gasteiger partial charge in [-0.25, -0.2) is 18.7 Å². The van der Waals surface area contributed by atoms with Crippen LogP contribution in [0.15, 0.2) is 60.9 Å². The molecule has 1 fully saturated rings. The number of benzene rings is 2. The number of rotatable bonds is 5. The topological polar surface area (TPSA) is 58.6 Å². The molecule has 1 amide bonds. The fourth-order valence-corrected chi connectivity index (χ4v) is 3.62. The number of carbonyl (C=O) groups excluding carboxylic acids is 1. The van der Waals surface area contributed by atoms with E-state index in [-0.39, 0.29) is 30.0 Å². The summed E-state index contributed by atoms with van der Waals surface area (Å²) < 4.78 is 32.1. The van der Waals surface area contributed by atoms with Crippen molar-refractivity contribution in [1.29, 1.82) is 0 Å². The van der Waals surface area contributed by atoms with E-state index in [2.05, 4.69) is 14.9 Å². The minimum absolute atomic E-state index is 0.0107. The first kappa shape index (κ1) is 20.7. The average molecular weight is 424 g/mol. The van der Waals surface area contributed by atoms with Crippen LogP contribution in [0.1, 0.15) is 12.5 Å². The average Bonchev–Trinajstić information content (AvgIpc) is 2.75. The van der Waals surface area contributed by atoms with Gasteiger partial charge in [-0.05, 0) is 36.8 Å². The third-order valence-corrected chi connectivity index (χ3v) is 5.19. The van der Waals surface area contributed by atoms with Crippen LogP contribution in [0.5, 0.6) is 11.6 Å². The highest BCUT2D eigenvalue weighted by Gasteiger charge is 2.28. The van der Waals surface area contributed by atoms with Crippen LogP contribution in [0.2, 0.25) is 0 Å². The third kappa shape index (κ3) is 5.14. The Morgan fingerprint density at radius 2 is 1.87 bits per heavy atom.